The SMILES string of the molecule is c1ccc(-c2ccc(N(c3ccc4sc5c6ccccc6c(-c6ccccc6)cc5c4c3)c3cccc4c3-c3ccccc3C43c4ccccc4-c4ccccc43)cc2)cc1. The zero-order valence-electron chi connectivity index (χ0n) is 33.2. The molecule has 0 saturated heterocycles. The Morgan fingerprint density at radius 2 is 0.869 bits per heavy atom. The Morgan fingerprint density at radius 3 is 1.57 bits per heavy atom. The van der Waals surface area contributed by atoms with Crippen LogP contribution in [0.5, 0.6) is 0 Å². The van der Waals surface area contributed by atoms with E-state index in [2.05, 4.69) is 229 Å². The highest BCUT2D eigenvalue weighted by Crippen LogP contribution is 2.64. The van der Waals surface area contributed by atoms with E-state index in [4.69, 9.17) is 0 Å². The maximum atomic E-state index is 2.51. The molecular weight excluding hydrogens is 755 g/mol. The lowest BCUT2D eigenvalue weighted by molar-refractivity contribution is 0.794. The fourth-order valence-electron chi connectivity index (χ4n) is 10.8. The van der Waals surface area contributed by atoms with E-state index in [1.807, 2.05) is 11.3 Å². The fourth-order valence-corrected chi connectivity index (χ4v) is 12.0. The minimum Gasteiger partial charge on any atom is -0.310 e. The minimum atomic E-state index is -0.430. The first-order chi connectivity index (χ1) is 30.3. The van der Waals surface area contributed by atoms with Gasteiger partial charge in [0.15, 0.2) is 0 Å². The summed E-state index contributed by atoms with van der Waals surface area (Å²) in [5.74, 6) is 0. The number of nitrogens with zero attached hydrogens (tertiary/aromatic N) is 1. The van der Waals surface area contributed by atoms with E-state index < -0.39 is 5.41 Å². The Bertz CT molecular complexity index is 3480. The summed E-state index contributed by atoms with van der Waals surface area (Å²) in [6, 6.07) is 83.4. The van der Waals surface area contributed by atoms with Crippen molar-refractivity contribution in [2.75, 3.05) is 4.90 Å². The molecule has 2 heteroatoms. The van der Waals surface area contributed by atoms with Crippen molar-refractivity contribution >= 4 is 59.3 Å². The highest BCUT2D eigenvalue weighted by Gasteiger charge is 2.52. The molecule has 10 aromatic carbocycles. The molecule has 1 heterocycles. The van der Waals surface area contributed by atoms with Crippen LogP contribution in [0.3, 0.4) is 0 Å². The first kappa shape index (κ1) is 34.4. The predicted molar refractivity (Wildman–Crippen MR) is 259 cm³/mol. The Kier molecular flexibility index (Phi) is 7.46. The molecule has 1 nitrogen and oxygen atoms in total. The molecule has 1 aromatic heterocycles. The third-order valence-corrected chi connectivity index (χ3v) is 14.5. The molecule has 11 aromatic rings. The molecule has 2 aliphatic carbocycles. The largest absolute Gasteiger partial charge is 0.310 e. The van der Waals surface area contributed by atoms with E-state index in [0.29, 0.717) is 0 Å². The van der Waals surface area contributed by atoms with Gasteiger partial charge < -0.3 is 4.90 Å². The number of anilines is 3. The monoisotopic (exact) mass is 791 g/mol. The predicted octanol–water partition coefficient (Wildman–Crippen LogP) is 16.4. The molecular formula is C59H37NS. The molecule has 0 fully saturated rings. The standard InChI is InChI=1S/C59H37NS/c1-3-16-38(17-4-1)39-30-32-41(33-31-39)60(42-34-35-56-49(36-42)50-37-48(40-18-5-2-6-19-40)43-20-7-8-23-46(43)58(50)61-56)55-29-15-28-54-57(55)47-24-11-14-27-53(47)59(54)51-25-12-9-21-44(51)45-22-10-13-26-52(45)59/h1-37H. The average molecular weight is 792 g/mol. The van der Waals surface area contributed by atoms with Gasteiger partial charge in [-0.05, 0) is 109 Å². The number of benzene rings is 10. The second-order valence-electron chi connectivity index (χ2n) is 16.3. The third-order valence-electron chi connectivity index (χ3n) is 13.3. The molecule has 0 atom stereocenters. The van der Waals surface area contributed by atoms with E-state index in [1.165, 1.54) is 103 Å². The third kappa shape index (κ3) is 4.88. The van der Waals surface area contributed by atoms with E-state index in [1.54, 1.807) is 0 Å². The van der Waals surface area contributed by atoms with Crippen LogP contribution in [0.15, 0.2) is 224 Å². The molecule has 61 heavy (non-hydrogen) atoms. The van der Waals surface area contributed by atoms with Crippen molar-refractivity contribution in [2.24, 2.45) is 0 Å². The van der Waals surface area contributed by atoms with Crippen molar-refractivity contribution in [1.29, 1.82) is 0 Å². The van der Waals surface area contributed by atoms with Crippen LogP contribution < -0.4 is 4.90 Å². The first-order valence-corrected chi connectivity index (χ1v) is 21.9. The maximum absolute atomic E-state index is 2.51. The Morgan fingerprint density at radius 1 is 0.328 bits per heavy atom. The van der Waals surface area contributed by atoms with Gasteiger partial charge in [-0.25, -0.2) is 0 Å². The molecule has 0 saturated carbocycles. The first-order valence-electron chi connectivity index (χ1n) is 21.1. The molecule has 0 bridgehead atoms. The van der Waals surface area contributed by atoms with Crippen LogP contribution in [0.1, 0.15) is 22.3 Å². The summed E-state index contributed by atoms with van der Waals surface area (Å²) >= 11 is 1.90. The molecule has 0 aliphatic heterocycles. The van der Waals surface area contributed by atoms with Gasteiger partial charge >= 0.3 is 0 Å². The van der Waals surface area contributed by atoms with Crippen molar-refractivity contribution in [3.63, 3.8) is 0 Å². The van der Waals surface area contributed by atoms with Crippen molar-refractivity contribution in [3.05, 3.63) is 247 Å². The van der Waals surface area contributed by atoms with Gasteiger partial charge in [0.1, 0.15) is 0 Å². The van der Waals surface area contributed by atoms with Gasteiger partial charge in [0.05, 0.1) is 11.1 Å². The second-order valence-corrected chi connectivity index (χ2v) is 17.4. The van der Waals surface area contributed by atoms with E-state index in [0.717, 1.165) is 11.4 Å². The van der Waals surface area contributed by atoms with Crippen molar-refractivity contribution in [1.82, 2.24) is 0 Å². The van der Waals surface area contributed by atoms with E-state index in [-0.39, 0.29) is 0 Å². The number of hydrogen-bond acceptors (Lipinski definition) is 2. The summed E-state index contributed by atoms with van der Waals surface area (Å²) < 4.78 is 2.62. The lowest BCUT2D eigenvalue weighted by Crippen LogP contribution is -2.26. The average Bonchev–Trinajstić information content (AvgIpc) is 3.97. The van der Waals surface area contributed by atoms with Crippen molar-refractivity contribution < 1.29 is 0 Å². The Hall–Kier alpha value is -7.52. The topological polar surface area (TPSA) is 3.24 Å². The van der Waals surface area contributed by atoms with Crippen LogP contribution >= 0.6 is 11.3 Å². The molecule has 0 amide bonds. The number of hydrogen-bond donors (Lipinski definition) is 0. The van der Waals surface area contributed by atoms with Gasteiger partial charge in [-0.1, -0.05) is 182 Å². The normalized spacial score (nSPS) is 13.0. The molecule has 0 radical (unpaired) electrons. The number of fused-ring (bicyclic) bond motifs is 15. The van der Waals surface area contributed by atoms with Gasteiger partial charge in [-0.2, -0.15) is 0 Å². The molecule has 13 rings (SSSR count). The summed E-state index contributed by atoms with van der Waals surface area (Å²) in [6.07, 6.45) is 0. The molecule has 0 N–H and O–H groups in total. The number of rotatable bonds is 5. The van der Waals surface area contributed by atoms with Crippen LogP contribution in [-0.2, 0) is 5.41 Å². The molecule has 2 aliphatic rings. The van der Waals surface area contributed by atoms with Gasteiger partial charge in [0.25, 0.3) is 0 Å². The molecule has 1 spiro atoms. The zero-order chi connectivity index (χ0) is 40.1. The maximum Gasteiger partial charge on any atom is 0.0726 e. The van der Waals surface area contributed by atoms with E-state index in [9.17, 15) is 0 Å². The van der Waals surface area contributed by atoms with Crippen LogP contribution in [0.4, 0.5) is 17.1 Å². The van der Waals surface area contributed by atoms with Crippen molar-refractivity contribution in [2.45, 2.75) is 5.41 Å². The smallest absolute Gasteiger partial charge is 0.0726 e. The van der Waals surface area contributed by atoms with Gasteiger partial charge in [0, 0.05) is 42.5 Å². The van der Waals surface area contributed by atoms with Gasteiger partial charge in [0.2, 0.25) is 0 Å². The molecule has 284 valence electrons. The van der Waals surface area contributed by atoms with Gasteiger partial charge in [-0.3, -0.25) is 0 Å². The summed E-state index contributed by atoms with van der Waals surface area (Å²) in [4.78, 5) is 2.51. The Labute approximate surface area is 359 Å². The summed E-state index contributed by atoms with van der Waals surface area (Å²) in [6.45, 7) is 0. The van der Waals surface area contributed by atoms with Crippen LogP contribution in [0, 0.1) is 0 Å². The van der Waals surface area contributed by atoms with Gasteiger partial charge in [-0.15, -0.1) is 11.3 Å². The number of thiophene rings is 1. The summed E-state index contributed by atoms with van der Waals surface area (Å²) in [5.41, 5.74) is 18.5. The highest BCUT2D eigenvalue weighted by molar-refractivity contribution is 7.26. The van der Waals surface area contributed by atoms with Crippen LogP contribution in [-0.4, -0.2) is 0 Å². The Balaban J connectivity index is 1.09. The zero-order valence-corrected chi connectivity index (χ0v) is 34.0. The lowest BCUT2D eigenvalue weighted by atomic mass is 9.70. The van der Waals surface area contributed by atoms with Crippen LogP contribution in [0.2, 0.25) is 0 Å². The lowest BCUT2D eigenvalue weighted by Gasteiger charge is -2.32. The van der Waals surface area contributed by atoms with Crippen molar-refractivity contribution in [3.8, 4) is 44.5 Å². The highest BCUT2D eigenvalue weighted by atomic mass is 32.1. The fraction of sp³-hybridized carbons (Fsp3) is 0.0169. The quantitative estimate of drug-likeness (QED) is 0.168. The van der Waals surface area contributed by atoms with E-state index >= 15 is 0 Å². The summed E-state index contributed by atoms with van der Waals surface area (Å²) in [7, 11) is 0. The second kappa shape index (κ2) is 13.2. The summed E-state index contributed by atoms with van der Waals surface area (Å²) in [5, 5.41) is 5.15. The van der Waals surface area contributed by atoms with Crippen LogP contribution in [0.25, 0.3) is 75.5 Å². The minimum absolute atomic E-state index is 0.430. The molecule has 0 unspecified atom stereocenters.